The van der Waals surface area contributed by atoms with E-state index in [1.807, 2.05) is 43.6 Å². The SMILES string of the molecule is CNCc1cn(C[C@H](O)[C@@H](N)Cc2ccccc2)nn1. The summed E-state index contributed by atoms with van der Waals surface area (Å²) in [5.74, 6) is 0. The van der Waals surface area contributed by atoms with Crippen LogP contribution in [0.4, 0.5) is 0 Å². The van der Waals surface area contributed by atoms with Crippen molar-refractivity contribution in [1.82, 2.24) is 20.3 Å². The van der Waals surface area contributed by atoms with E-state index in [9.17, 15) is 5.11 Å². The molecule has 0 saturated heterocycles. The van der Waals surface area contributed by atoms with E-state index in [1.165, 1.54) is 0 Å². The third-order valence-corrected chi connectivity index (χ3v) is 3.13. The molecule has 2 rings (SSSR count). The fourth-order valence-corrected chi connectivity index (χ4v) is 2.04. The van der Waals surface area contributed by atoms with Gasteiger partial charge in [-0.25, -0.2) is 4.68 Å². The number of aliphatic hydroxyl groups excluding tert-OH is 1. The van der Waals surface area contributed by atoms with Crippen LogP contribution in [-0.2, 0) is 19.5 Å². The number of nitrogens with one attached hydrogen (secondary N) is 1. The lowest BCUT2D eigenvalue weighted by Gasteiger charge is -2.18. The summed E-state index contributed by atoms with van der Waals surface area (Å²) in [4.78, 5) is 0. The molecule has 1 aromatic carbocycles. The highest BCUT2D eigenvalue weighted by molar-refractivity contribution is 5.16. The molecule has 0 unspecified atom stereocenters. The van der Waals surface area contributed by atoms with Crippen LogP contribution in [0.1, 0.15) is 11.3 Å². The normalized spacial score (nSPS) is 14.2. The first-order chi connectivity index (χ1) is 9.69. The molecule has 0 fully saturated rings. The summed E-state index contributed by atoms with van der Waals surface area (Å²) in [7, 11) is 1.85. The Morgan fingerprint density at radius 1 is 1.35 bits per heavy atom. The average Bonchev–Trinajstić information content (AvgIpc) is 2.87. The van der Waals surface area contributed by atoms with E-state index in [-0.39, 0.29) is 6.04 Å². The van der Waals surface area contributed by atoms with Crippen LogP contribution in [0, 0.1) is 0 Å². The first-order valence-corrected chi connectivity index (χ1v) is 6.70. The quantitative estimate of drug-likeness (QED) is 0.658. The van der Waals surface area contributed by atoms with Gasteiger partial charge in [-0.1, -0.05) is 35.5 Å². The van der Waals surface area contributed by atoms with Crippen LogP contribution in [0.5, 0.6) is 0 Å². The molecule has 1 aromatic heterocycles. The fourth-order valence-electron chi connectivity index (χ4n) is 2.04. The lowest BCUT2D eigenvalue weighted by molar-refractivity contribution is 0.120. The van der Waals surface area contributed by atoms with E-state index in [0.29, 0.717) is 19.5 Å². The zero-order valence-electron chi connectivity index (χ0n) is 11.6. The minimum Gasteiger partial charge on any atom is -0.390 e. The van der Waals surface area contributed by atoms with Gasteiger partial charge in [0.2, 0.25) is 0 Å². The van der Waals surface area contributed by atoms with Crippen LogP contribution >= 0.6 is 0 Å². The van der Waals surface area contributed by atoms with Crippen molar-refractivity contribution in [3.63, 3.8) is 0 Å². The largest absolute Gasteiger partial charge is 0.390 e. The molecule has 2 aromatic rings. The zero-order chi connectivity index (χ0) is 14.4. The van der Waals surface area contributed by atoms with Gasteiger partial charge in [-0.2, -0.15) is 0 Å². The molecule has 1 heterocycles. The van der Waals surface area contributed by atoms with Crippen molar-refractivity contribution in [3.8, 4) is 0 Å². The molecular formula is C14H21N5O. The van der Waals surface area contributed by atoms with Crippen molar-refractivity contribution in [2.45, 2.75) is 31.7 Å². The first kappa shape index (κ1) is 14.6. The molecule has 0 spiro atoms. The zero-order valence-corrected chi connectivity index (χ0v) is 11.6. The maximum atomic E-state index is 10.1. The Labute approximate surface area is 118 Å². The predicted molar refractivity (Wildman–Crippen MR) is 76.9 cm³/mol. The van der Waals surface area contributed by atoms with E-state index < -0.39 is 6.10 Å². The predicted octanol–water partition coefficient (Wildman–Crippen LogP) is -0.0716. The maximum absolute atomic E-state index is 10.1. The molecule has 0 bridgehead atoms. The average molecular weight is 275 g/mol. The maximum Gasteiger partial charge on any atom is 0.0964 e. The third-order valence-electron chi connectivity index (χ3n) is 3.13. The van der Waals surface area contributed by atoms with Crippen LogP contribution < -0.4 is 11.1 Å². The van der Waals surface area contributed by atoms with Crippen LogP contribution in [-0.4, -0.2) is 39.3 Å². The lowest BCUT2D eigenvalue weighted by Crippen LogP contribution is -2.39. The highest BCUT2D eigenvalue weighted by Gasteiger charge is 2.16. The molecular weight excluding hydrogens is 254 g/mol. The van der Waals surface area contributed by atoms with E-state index in [1.54, 1.807) is 4.68 Å². The van der Waals surface area contributed by atoms with Gasteiger partial charge in [0.15, 0.2) is 0 Å². The second-order valence-electron chi connectivity index (χ2n) is 4.88. The fraction of sp³-hybridized carbons (Fsp3) is 0.429. The van der Waals surface area contributed by atoms with Gasteiger partial charge in [0.05, 0.1) is 18.3 Å². The minimum absolute atomic E-state index is 0.325. The third kappa shape index (κ3) is 4.12. The number of aromatic nitrogens is 3. The first-order valence-electron chi connectivity index (χ1n) is 6.70. The van der Waals surface area contributed by atoms with E-state index >= 15 is 0 Å². The van der Waals surface area contributed by atoms with Crippen molar-refractivity contribution in [3.05, 3.63) is 47.8 Å². The van der Waals surface area contributed by atoms with E-state index in [2.05, 4.69) is 15.6 Å². The lowest BCUT2D eigenvalue weighted by atomic mass is 10.0. The molecule has 0 saturated carbocycles. The topological polar surface area (TPSA) is 89.0 Å². The van der Waals surface area contributed by atoms with Crippen molar-refractivity contribution in [1.29, 1.82) is 0 Å². The second kappa shape index (κ2) is 7.14. The Bertz CT molecular complexity index is 513. The Balaban J connectivity index is 1.88. The van der Waals surface area contributed by atoms with E-state index in [4.69, 9.17) is 5.73 Å². The molecule has 0 radical (unpaired) electrons. The number of hydrogen-bond donors (Lipinski definition) is 3. The van der Waals surface area contributed by atoms with Gasteiger partial charge in [-0.05, 0) is 19.0 Å². The molecule has 6 heteroatoms. The molecule has 108 valence electrons. The molecule has 0 aliphatic rings. The molecule has 0 aliphatic carbocycles. The molecule has 2 atom stereocenters. The Hall–Kier alpha value is -1.76. The Morgan fingerprint density at radius 2 is 2.10 bits per heavy atom. The van der Waals surface area contributed by atoms with Crippen LogP contribution in [0.15, 0.2) is 36.5 Å². The summed E-state index contributed by atoms with van der Waals surface area (Å²) < 4.78 is 1.63. The molecule has 6 nitrogen and oxygen atoms in total. The van der Waals surface area contributed by atoms with Gasteiger partial charge in [0.1, 0.15) is 0 Å². The van der Waals surface area contributed by atoms with Crippen molar-refractivity contribution in [2.24, 2.45) is 5.73 Å². The summed E-state index contributed by atoms with van der Waals surface area (Å²) in [5.41, 5.74) is 8.00. The van der Waals surface area contributed by atoms with Crippen LogP contribution in [0.3, 0.4) is 0 Å². The van der Waals surface area contributed by atoms with Gasteiger partial charge >= 0.3 is 0 Å². The summed E-state index contributed by atoms with van der Waals surface area (Å²) in [6.45, 7) is 1.01. The number of nitrogens with two attached hydrogens (primary N) is 1. The van der Waals surface area contributed by atoms with Crippen molar-refractivity contribution < 1.29 is 5.11 Å². The van der Waals surface area contributed by atoms with Gasteiger partial charge in [-0.3, -0.25) is 0 Å². The smallest absolute Gasteiger partial charge is 0.0964 e. The number of rotatable bonds is 7. The number of aliphatic hydroxyl groups is 1. The van der Waals surface area contributed by atoms with Gasteiger partial charge in [0, 0.05) is 18.8 Å². The highest BCUT2D eigenvalue weighted by atomic mass is 16.3. The Kier molecular flexibility index (Phi) is 5.23. The van der Waals surface area contributed by atoms with Gasteiger partial charge in [0.25, 0.3) is 0 Å². The number of hydrogen-bond acceptors (Lipinski definition) is 5. The summed E-state index contributed by atoms with van der Waals surface area (Å²) in [6.07, 6.45) is 1.80. The summed E-state index contributed by atoms with van der Waals surface area (Å²) in [5, 5.41) is 21.1. The monoisotopic (exact) mass is 275 g/mol. The Morgan fingerprint density at radius 3 is 2.80 bits per heavy atom. The number of benzene rings is 1. The van der Waals surface area contributed by atoms with Gasteiger partial charge in [-0.15, -0.1) is 5.10 Å². The molecule has 4 N–H and O–H groups in total. The molecule has 0 amide bonds. The second-order valence-corrected chi connectivity index (χ2v) is 4.88. The van der Waals surface area contributed by atoms with Crippen LogP contribution in [0.2, 0.25) is 0 Å². The van der Waals surface area contributed by atoms with Crippen molar-refractivity contribution >= 4 is 0 Å². The van der Waals surface area contributed by atoms with Gasteiger partial charge < -0.3 is 16.2 Å². The highest BCUT2D eigenvalue weighted by Crippen LogP contribution is 2.06. The minimum atomic E-state index is -0.653. The molecule has 20 heavy (non-hydrogen) atoms. The standard InChI is InChI=1S/C14H21N5O/c1-16-8-12-9-19(18-17-12)10-14(20)13(15)7-11-5-3-2-4-6-11/h2-6,9,13-14,16,20H,7-8,10,15H2,1H3/t13-,14-/m0/s1. The van der Waals surface area contributed by atoms with E-state index in [0.717, 1.165) is 11.3 Å². The molecule has 0 aliphatic heterocycles. The summed E-state index contributed by atoms with van der Waals surface area (Å²) >= 11 is 0. The summed E-state index contributed by atoms with van der Waals surface area (Å²) in [6, 6.07) is 9.59. The number of nitrogens with zero attached hydrogens (tertiary/aromatic N) is 3. The van der Waals surface area contributed by atoms with Crippen LogP contribution in [0.25, 0.3) is 0 Å². The van der Waals surface area contributed by atoms with Crippen molar-refractivity contribution in [2.75, 3.05) is 7.05 Å².